The van der Waals surface area contributed by atoms with E-state index in [2.05, 4.69) is 0 Å². The lowest BCUT2D eigenvalue weighted by Crippen LogP contribution is -2.23. The first-order valence-corrected chi connectivity index (χ1v) is 13.1. The van der Waals surface area contributed by atoms with Crippen molar-refractivity contribution in [3.05, 3.63) is 46.5 Å². The van der Waals surface area contributed by atoms with Crippen LogP contribution in [-0.4, -0.2) is 50.3 Å². The van der Waals surface area contributed by atoms with Gasteiger partial charge in [-0.15, -0.1) is 0 Å². The summed E-state index contributed by atoms with van der Waals surface area (Å²) in [5, 5.41) is 11.6. The van der Waals surface area contributed by atoms with Gasteiger partial charge in [0.1, 0.15) is 22.8 Å². The summed E-state index contributed by atoms with van der Waals surface area (Å²) in [5.41, 5.74) is 1.20. The lowest BCUT2D eigenvalue weighted by atomic mass is 9.83. The van der Waals surface area contributed by atoms with Crippen molar-refractivity contribution in [2.45, 2.75) is 63.9 Å². The van der Waals surface area contributed by atoms with Crippen molar-refractivity contribution in [1.29, 1.82) is 0 Å². The van der Waals surface area contributed by atoms with Crippen LogP contribution in [0.15, 0.2) is 24.3 Å². The minimum absolute atomic E-state index is 0.00706. The second-order valence-corrected chi connectivity index (χ2v) is 9.70. The number of aromatic hydroxyl groups is 1. The molecule has 2 heterocycles. The van der Waals surface area contributed by atoms with Gasteiger partial charge in [-0.25, -0.2) is 4.79 Å². The summed E-state index contributed by atoms with van der Waals surface area (Å²) < 4.78 is 27.8. The Labute approximate surface area is 227 Å². The number of hydrogen-bond donors (Lipinski definition) is 1. The van der Waals surface area contributed by atoms with E-state index >= 15 is 0 Å². The Morgan fingerprint density at radius 2 is 1.72 bits per heavy atom. The fourth-order valence-corrected chi connectivity index (χ4v) is 5.18. The molecule has 9 nitrogen and oxygen atoms in total. The zero-order chi connectivity index (χ0) is 28.1. The van der Waals surface area contributed by atoms with Crippen molar-refractivity contribution < 1.29 is 43.2 Å². The predicted molar refractivity (Wildman–Crippen MR) is 143 cm³/mol. The Kier molecular flexibility index (Phi) is 8.79. The van der Waals surface area contributed by atoms with Gasteiger partial charge in [-0.3, -0.25) is 9.59 Å². The molecule has 4 rings (SSSR count). The van der Waals surface area contributed by atoms with Crippen LogP contribution < -0.4 is 18.9 Å². The molecule has 2 aromatic carbocycles. The van der Waals surface area contributed by atoms with Gasteiger partial charge in [0.2, 0.25) is 5.75 Å². The molecule has 0 saturated carbocycles. The topological polar surface area (TPSA) is 118 Å². The summed E-state index contributed by atoms with van der Waals surface area (Å²) >= 11 is 0. The van der Waals surface area contributed by atoms with E-state index < -0.39 is 24.0 Å². The van der Waals surface area contributed by atoms with Crippen LogP contribution in [0, 0.1) is 0 Å². The standard InChI is InChI=1S/C30H34O9/c1-17-9-8-12-19(31)11-7-5-6-10-18-15-23-26(27(33)25(18)30(34)38-17)21(16-24(32)39-23)20-13-14-22(35-2)29(37-4)28(20)36-3/h6,10,13-15,17,21,33H,5,7-9,11-12,16H2,1-4H3. The van der Waals surface area contributed by atoms with Crippen molar-refractivity contribution in [3.8, 4) is 28.7 Å². The van der Waals surface area contributed by atoms with Gasteiger partial charge in [0.25, 0.3) is 0 Å². The lowest BCUT2D eigenvalue weighted by Gasteiger charge is -2.29. The summed E-state index contributed by atoms with van der Waals surface area (Å²) in [6.45, 7) is 1.76. The summed E-state index contributed by atoms with van der Waals surface area (Å²) in [4.78, 5) is 38.2. The number of phenols is 1. The molecular formula is C30H34O9. The molecule has 0 aliphatic carbocycles. The number of phenolic OH excluding ortho intramolecular Hbond substituents is 1. The Morgan fingerprint density at radius 3 is 2.44 bits per heavy atom. The van der Waals surface area contributed by atoms with Crippen LogP contribution in [0.5, 0.6) is 28.7 Å². The number of ether oxygens (including phenoxy) is 5. The Bertz CT molecular complexity index is 1290. The highest BCUT2D eigenvalue weighted by Gasteiger charge is 2.37. The van der Waals surface area contributed by atoms with E-state index in [4.69, 9.17) is 23.7 Å². The quantitative estimate of drug-likeness (QED) is 0.406. The molecule has 2 unspecified atom stereocenters. The molecule has 9 heteroatoms. The number of fused-ring (bicyclic) bond motifs is 2. The molecule has 0 bridgehead atoms. The fraction of sp³-hybridized carbons (Fsp3) is 0.433. The highest BCUT2D eigenvalue weighted by Crippen LogP contribution is 2.52. The van der Waals surface area contributed by atoms with Crippen molar-refractivity contribution in [2.24, 2.45) is 0 Å². The number of cyclic esters (lactones) is 1. The molecule has 1 N–H and O–H groups in total. The minimum atomic E-state index is -0.699. The lowest BCUT2D eigenvalue weighted by molar-refractivity contribution is -0.135. The number of esters is 2. The number of rotatable bonds is 4. The highest BCUT2D eigenvalue weighted by atomic mass is 16.5. The smallest absolute Gasteiger partial charge is 0.342 e. The molecule has 0 amide bonds. The second-order valence-electron chi connectivity index (χ2n) is 9.70. The Hall–Kier alpha value is -4.01. The van der Waals surface area contributed by atoms with Crippen LogP contribution in [0.4, 0.5) is 0 Å². The monoisotopic (exact) mass is 538 g/mol. The average molecular weight is 539 g/mol. The Balaban J connectivity index is 1.87. The molecule has 2 aliphatic rings. The molecule has 2 atom stereocenters. The van der Waals surface area contributed by atoms with Crippen LogP contribution >= 0.6 is 0 Å². The zero-order valence-corrected chi connectivity index (χ0v) is 22.7. The van der Waals surface area contributed by atoms with E-state index in [1.165, 1.54) is 21.3 Å². The van der Waals surface area contributed by atoms with E-state index in [0.29, 0.717) is 66.9 Å². The molecule has 0 radical (unpaired) electrons. The number of carbonyl (C=O) groups is 3. The number of hydrogen-bond acceptors (Lipinski definition) is 9. The average Bonchev–Trinajstić information content (AvgIpc) is 2.90. The molecule has 2 aliphatic heterocycles. The second kappa shape index (κ2) is 12.2. The van der Waals surface area contributed by atoms with Gasteiger partial charge in [0, 0.05) is 29.9 Å². The largest absolute Gasteiger partial charge is 0.507 e. The van der Waals surface area contributed by atoms with Crippen LogP contribution in [0.25, 0.3) is 6.08 Å². The predicted octanol–water partition coefficient (Wildman–Crippen LogP) is 5.34. The van der Waals surface area contributed by atoms with Gasteiger partial charge in [-0.05, 0) is 50.3 Å². The number of benzene rings is 2. The van der Waals surface area contributed by atoms with E-state index in [1.54, 1.807) is 31.2 Å². The minimum Gasteiger partial charge on any atom is -0.507 e. The van der Waals surface area contributed by atoms with Crippen LogP contribution in [0.2, 0.25) is 0 Å². The van der Waals surface area contributed by atoms with Crippen molar-refractivity contribution in [1.82, 2.24) is 0 Å². The SMILES string of the molecule is COc1ccc(C2CC(=O)Oc3cc4c(c(O)c32)C(=O)OC(C)CCCC(=O)CCCC=C4)c(OC)c1OC. The summed E-state index contributed by atoms with van der Waals surface area (Å²) in [5.74, 6) is -0.757. The molecule has 39 heavy (non-hydrogen) atoms. The van der Waals surface area contributed by atoms with Crippen LogP contribution in [0.1, 0.15) is 84.8 Å². The number of carbonyl (C=O) groups excluding carboxylic acids is 3. The number of Topliss-reactive ketones (excluding diaryl/α,β-unsaturated/α-hetero) is 1. The van der Waals surface area contributed by atoms with Gasteiger partial charge in [0.05, 0.1) is 33.9 Å². The van der Waals surface area contributed by atoms with Gasteiger partial charge in [0.15, 0.2) is 11.5 Å². The maximum Gasteiger partial charge on any atom is 0.342 e. The van der Waals surface area contributed by atoms with Gasteiger partial charge >= 0.3 is 11.9 Å². The first-order valence-electron chi connectivity index (χ1n) is 13.1. The number of allylic oxidation sites excluding steroid dienone is 1. The summed E-state index contributed by atoms with van der Waals surface area (Å²) in [6.07, 6.45) is 6.32. The maximum atomic E-state index is 13.4. The molecular weight excluding hydrogens is 504 g/mol. The third kappa shape index (κ3) is 5.87. The van der Waals surface area contributed by atoms with Gasteiger partial charge in [-0.2, -0.15) is 0 Å². The third-order valence-electron chi connectivity index (χ3n) is 7.09. The van der Waals surface area contributed by atoms with Crippen molar-refractivity contribution >= 4 is 23.8 Å². The van der Waals surface area contributed by atoms with E-state index in [9.17, 15) is 19.5 Å². The van der Waals surface area contributed by atoms with Crippen molar-refractivity contribution in [3.63, 3.8) is 0 Å². The molecule has 0 saturated heterocycles. The fourth-order valence-electron chi connectivity index (χ4n) is 5.18. The summed E-state index contributed by atoms with van der Waals surface area (Å²) in [6, 6.07) is 5.00. The molecule has 0 aromatic heterocycles. The van der Waals surface area contributed by atoms with Gasteiger partial charge in [-0.1, -0.05) is 18.2 Å². The van der Waals surface area contributed by atoms with E-state index in [-0.39, 0.29) is 34.8 Å². The Morgan fingerprint density at radius 1 is 0.974 bits per heavy atom. The van der Waals surface area contributed by atoms with E-state index in [1.807, 2.05) is 6.08 Å². The van der Waals surface area contributed by atoms with Crippen LogP contribution in [0.3, 0.4) is 0 Å². The normalized spacial score (nSPS) is 20.2. The van der Waals surface area contributed by atoms with Gasteiger partial charge < -0.3 is 28.8 Å². The van der Waals surface area contributed by atoms with Crippen LogP contribution in [-0.2, 0) is 14.3 Å². The number of ketones is 1. The molecule has 0 spiro atoms. The first-order chi connectivity index (χ1) is 18.8. The molecule has 2 aromatic rings. The maximum absolute atomic E-state index is 13.4. The molecule has 0 fully saturated rings. The van der Waals surface area contributed by atoms with E-state index in [0.717, 1.165) is 0 Å². The zero-order valence-electron chi connectivity index (χ0n) is 22.7. The highest BCUT2D eigenvalue weighted by molar-refractivity contribution is 5.98. The molecule has 208 valence electrons. The number of methoxy groups -OCH3 is 3. The summed E-state index contributed by atoms with van der Waals surface area (Å²) in [7, 11) is 4.46. The third-order valence-corrected chi connectivity index (χ3v) is 7.09. The van der Waals surface area contributed by atoms with Crippen molar-refractivity contribution in [2.75, 3.05) is 21.3 Å². The first kappa shape index (κ1) is 28.0.